The van der Waals surface area contributed by atoms with E-state index in [0.29, 0.717) is 44.2 Å². The number of likely N-dealkylation sites (N-methyl/N-ethyl adjacent to an activating group) is 1. The molecule has 2 fully saturated rings. The summed E-state index contributed by atoms with van der Waals surface area (Å²) in [5.41, 5.74) is 1.88. The van der Waals surface area contributed by atoms with Crippen LogP contribution in [-0.4, -0.2) is 98.9 Å². The Labute approximate surface area is 344 Å². The van der Waals surface area contributed by atoms with Gasteiger partial charge in [0.1, 0.15) is 6.04 Å². The Hall–Kier alpha value is -5.21. The second-order valence-electron chi connectivity index (χ2n) is 14.9. The van der Waals surface area contributed by atoms with Crippen LogP contribution in [-0.2, 0) is 30.5 Å². The maximum absolute atomic E-state index is 14.2. The molecule has 0 unspecified atom stereocenters. The number of nitrogens with one attached hydrogen (secondary N) is 7. The quantitative estimate of drug-likeness (QED) is 0.0791. The lowest BCUT2D eigenvalue weighted by Gasteiger charge is -2.33. The highest BCUT2D eigenvalue weighted by atomic mass is 16.2. The van der Waals surface area contributed by atoms with Gasteiger partial charge in [-0.2, -0.15) is 0 Å². The third-order valence-corrected chi connectivity index (χ3v) is 11.0. The smallest absolute Gasteiger partial charge is 0.247 e. The summed E-state index contributed by atoms with van der Waals surface area (Å²) in [6, 6.07) is 17.9. The summed E-state index contributed by atoms with van der Waals surface area (Å²) in [6.45, 7) is 4.53. The highest BCUT2D eigenvalue weighted by Gasteiger charge is 2.43. The molecule has 58 heavy (non-hydrogen) atoms. The minimum atomic E-state index is -0.928. The molecule has 0 aliphatic carbocycles. The lowest BCUT2D eigenvalue weighted by molar-refractivity contribution is -0.132. The van der Waals surface area contributed by atoms with Gasteiger partial charge in [-0.15, -0.1) is 0 Å². The average molecular weight is 795 g/mol. The molecule has 7 N–H and O–H groups in total. The van der Waals surface area contributed by atoms with Gasteiger partial charge in [-0.1, -0.05) is 79.4 Å². The molecule has 312 valence electrons. The molecule has 4 rings (SSSR count). The highest BCUT2D eigenvalue weighted by molar-refractivity contribution is 5.91. The number of carbonyl (C=O) groups excluding carboxylic acids is 5. The largest absolute Gasteiger partial charge is 0.359 e. The number of carbonyl (C=O) groups is 5. The first-order valence-electron chi connectivity index (χ1n) is 20.8. The Bertz CT molecular complexity index is 1750. The van der Waals surface area contributed by atoms with Crippen molar-refractivity contribution in [3.05, 3.63) is 71.8 Å². The Kier molecular flexibility index (Phi) is 19.8. The van der Waals surface area contributed by atoms with Gasteiger partial charge in [0.25, 0.3) is 0 Å². The molecule has 2 saturated heterocycles. The van der Waals surface area contributed by atoms with E-state index in [4.69, 9.17) is 0 Å². The van der Waals surface area contributed by atoms with E-state index in [2.05, 4.69) is 77.9 Å². The summed E-state index contributed by atoms with van der Waals surface area (Å²) in [5.74, 6) is 10.4. The number of fused-ring (bicyclic) bond motifs is 1. The van der Waals surface area contributed by atoms with E-state index in [1.807, 2.05) is 55.5 Å². The lowest BCUT2D eigenvalue weighted by atomic mass is 9.90. The van der Waals surface area contributed by atoms with E-state index in [1.165, 1.54) is 5.56 Å². The molecule has 2 heterocycles. The summed E-state index contributed by atoms with van der Waals surface area (Å²) < 4.78 is 0. The number of benzene rings is 2. The van der Waals surface area contributed by atoms with Crippen molar-refractivity contribution in [3.8, 4) is 23.7 Å². The molecular formula is C45H62N8O5. The number of amides is 5. The molecule has 2 aromatic rings. The standard InChI is InChI=1S/C45H62N8O5/c1-4-37(46-2)43(56)51-38-32-53-36(24-23-34(38)27-28-48-31-33-17-11-9-12-18-33)25-26-39(53)44(57)52-42(35-19-13-10-14-20-35)45(58)50-30-29-49-41(55)22-16-8-6-5-7-15-21-40(54)47-3/h9-14,17-20,34,36-39,42,46,48H,4,15-16,21-32H2,1-3H3,(H,47,54)(H,49,55)(H,50,58)(H,51,56)(H,52,57)/t34-,36+,37+,38-,39+,42+/m1/s1. The maximum atomic E-state index is 14.2. The van der Waals surface area contributed by atoms with Gasteiger partial charge in [-0.05, 0) is 81.0 Å². The molecule has 0 radical (unpaired) electrons. The molecule has 13 nitrogen and oxygen atoms in total. The zero-order valence-corrected chi connectivity index (χ0v) is 34.3. The Morgan fingerprint density at radius 3 is 2.10 bits per heavy atom. The highest BCUT2D eigenvalue weighted by Crippen LogP contribution is 2.34. The Balaban J connectivity index is 1.33. The van der Waals surface area contributed by atoms with Crippen molar-refractivity contribution in [2.75, 3.05) is 40.3 Å². The molecule has 0 aromatic heterocycles. The van der Waals surface area contributed by atoms with Crippen molar-refractivity contribution in [1.29, 1.82) is 0 Å². The monoisotopic (exact) mass is 794 g/mol. The van der Waals surface area contributed by atoms with Gasteiger partial charge in [0.15, 0.2) is 0 Å². The zero-order chi connectivity index (χ0) is 41.5. The van der Waals surface area contributed by atoms with Gasteiger partial charge < -0.3 is 37.2 Å². The van der Waals surface area contributed by atoms with Crippen LogP contribution in [0.5, 0.6) is 0 Å². The molecule has 0 bridgehead atoms. The first-order valence-corrected chi connectivity index (χ1v) is 20.8. The molecular weight excluding hydrogens is 733 g/mol. The summed E-state index contributed by atoms with van der Waals surface area (Å²) in [6.07, 6.45) is 6.22. The maximum Gasteiger partial charge on any atom is 0.247 e. The van der Waals surface area contributed by atoms with Gasteiger partial charge in [0.2, 0.25) is 29.5 Å². The molecule has 2 aliphatic rings. The van der Waals surface area contributed by atoms with E-state index >= 15 is 0 Å². The summed E-state index contributed by atoms with van der Waals surface area (Å²) in [5, 5.41) is 21.4. The van der Waals surface area contributed by atoms with Crippen LogP contribution >= 0.6 is 0 Å². The normalized spacial score (nSPS) is 19.6. The fourth-order valence-corrected chi connectivity index (χ4v) is 7.67. The second kappa shape index (κ2) is 25.2. The number of hydrogen-bond donors (Lipinski definition) is 7. The minimum absolute atomic E-state index is 0.0290. The molecule has 0 saturated carbocycles. The fraction of sp³-hybridized carbons (Fsp3) is 0.533. The van der Waals surface area contributed by atoms with Crippen LogP contribution in [0, 0.1) is 29.6 Å². The number of nitrogens with zero attached hydrogens (tertiary/aromatic N) is 1. The zero-order valence-electron chi connectivity index (χ0n) is 34.3. The first-order chi connectivity index (χ1) is 28.2. The summed E-state index contributed by atoms with van der Waals surface area (Å²) >= 11 is 0. The summed E-state index contributed by atoms with van der Waals surface area (Å²) in [4.78, 5) is 67.1. The van der Waals surface area contributed by atoms with Crippen LogP contribution in [0.25, 0.3) is 0 Å². The van der Waals surface area contributed by atoms with E-state index in [0.717, 1.165) is 38.8 Å². The number of hydrogen-bond acceptors (Lipinski definition) is 8. The third-order valence-electron chi connectivity index (χ3n) is 11.0. The van der Waals surface area contributed by atoms with Crippen molar-refractivity contribution in [3.63, 3.8) is 0 Å². The van der Waals surface area contributed by atoms with Gasteiger partial charge in [0.05, 0.1) is 12.1 Å². The lowest BCUT2D eigenvalue weighted by Crippen LogP contribution is -2.55. The molecule has 13 heteroatoms. The summed E-state index contributed by atoms with van der Waals surface area (Å²) in [7, 11) is 3.38. The molecule has 5 amide bonds. The van der Waals surface area contributed by atoms with Gasteiger partial charge in [-0.3, -0.25) is 28.9 Å². The SMILES string of the molecule is CC[C@H](NC)C(=O)N[C@@H]1CN2[C@@H](CC[C@@H]1CCNCc1ccccc1)CC[C@H]2C(=O)N[C@H](C(=O)NCCNC(=O)CCC#CC#CCCC(=O)NC)c1ccccc1. The third kappa shape index (κ3) is 14.9. The van der Waals surface area contributed by atoms with Gasteiger partial charge in [0, 0.05) is 71.0 Å². The van der Waals surface area contributed by atoms with Crippen LogP contribution in [0.4, 0.5) is 0 Å². The van der Waals surface area contributed by atoms with Crippen LogP contribution < -0.4 is 37.2 Å². The predicted molar refractivity (Wildman–Crippen MR) is 226 cm³/mol. The molecule has 2 aromatic carbocycles. The van der Waals surface area contributed by atoms with E-state index < -0.39 is 12.1 Å². The first kappa shape index (κ1) is 45.5. The van der Waals surface area contributed by atoms with Crippen molar-refractivity contribution >= 4 is 29.5 Å². The average Bonchev–Trinajstić information content (AvgIpc) is 3.56. The van der Waals surface area contributed by atoms with Crippen LogP contribution in [0.2, 0.25) is 0 Å². The topological polar surface area (TPSA) is 173 Å². The minimum Gasteiger partial charge on any atom is -0.359 e. The van der Waals surface area contributed by atoms with Crippen LogP contribution in [0.3, 0.4) is 0 Å². The van der Waals surface area contributed by atoms with Crippen LogP contribution in [0.1, 0.15) is 88.3 Å². The fourth-order valence-electron chi connectivity index (χ4n) is 7.67. The Morgan fingerprint density at radius 1 is 0.776 bits per heavy atom. The van der Waals surface area contributed by atoms with E-state index in [9.17, 15) is 24.0 Å². The van der Waals surface area contributed by atoms with E-state index in [1.54, 1.807) is 14.1 Å². The van der Waals surface area contributed by atoms with Crippen LogP contribution in [0.15, 0.2) is 60.7 Å². The van der Waals surface area contributed by atoms with E-state index in [-0.39, 0.29) is 73.1 Å². The molecule has 2 aliphatic heterocycles. The molecule has 0 spiro atoms. The van der Waals surface area contributed by atoms with Crippen molar-refractivity contribution in [1.82, 2.24) is 42.1 Å². The predicted octanol–water partition coefficient (Wildman–Crippen LogP) is 2.30. The second-order valence-corrected chi connectivity index (χ2v) is 14.9. The van der Waals surface area contributed by atoms with Crippen molar-refractivity contribution in [2.24, 2.45) is 5.92 Å². The van der Waals surface area contributed by atoms with Crippen molar-refractivity contribution in [2.45, 2.75) is 108 Å². The van der Waals surface area contributed by atoms with Gasteiger partial charge in [-0.25, -0.2) is 0 Å². The molecule has 6 atom stereocenters. The van der Waals surface area contributed by atoms with Gasteiger partial charge >= 0.3 is 0 Å². The number of rotatable bonds is 20. The van der Waals surface area contributed by atoms with Crippen molar-refractivity contribution < 1.29 is 24.0 Å². The Morgan fingerprint density at radius 2 is 1.43 bits per heavy atom.